The maximum absolute atomic E-state index is 12.5. The van der Waals surface area contributed by atoms with Crippen LogP contribution in [0.3, 0.4) is 0 Å². The summed E-state index contributed by atoms with van der Waals surface area (Å²) in [6, 6.07) is 9.20. The Hall–Kier alpha value is -3.62. The number of hydrogen-bond acceptors (Lipinski definition) is 6. The summed E-state index contributed by atoms with van der Waals surface area (Å²) in [5.74, 6) is 0.744. The van der Waals surface area contributed by atoms with Crippen LogP contribution in [-0.2, 0) is 4.79 Å². The summed E-state index contributed by atoms with van der Waals surface area (Å²) in [7, 11) is 3.43. The lowest BCUT2D eigenvalue weighted by molar-refractivity contribution is -0.120. The van der Waals surface area contributed by atoms with Gasteiger partial charge in [-0.3, -0.25) is 9.59 Å². The first-order valence-electron chi connectivity index (χ1n) is 10.4. The number of aromatic nitrogens is 3. The number of H-pyrrole nitrogens is 1. The molecule has 31 heavy (non-hydrogen) atoms. The molecule has 3 N–H and O–H groups in total. The second kappa shape index (κ2) is 9.03. The maximum Gasteiger partial charge on any atom is 0.253 e. The second-order valence-corrected chi connectivity index (χ2v) is 7.92. The van der Waals surface area contributed by atoms with Crippen molar-refractivity contribution in [1.82, 2.24) is 25.2 Å². The lowest BCUT2D eigenvalue weighted by atomic mass is 10.1. The molecule has 0 spiro atoms. The van der Waals surface area contributed by atoms with Crippen LogP contribution >= 0.6 is 0 Å². The van der Waals surface area contributed by atoms with Gasteiger partial charge >= 0.3 is 0 Å². The zero-order valence-corrected chi connectivity index (χ0v) is 17.8. The Bertz CT molecular complexity index is 1080. The first-order chi connectivity index (χ1) is 15.0. The predicted octanol–water partition coefficient (Wildman–Crippen LogP) is 1.86. The molecule has 3 aromatic rings. The highest BCUT2D eigenvalue weighted by atomic mass is 16.2. The van der Waals surface area contributed by atoms with Crippen molar-refractivity contribution in [3.05, 3.63) is 48.4 Å². The minimum atomic E-state index is -0.0781. The van der Waals surface area contributed by atoms with Gasteiger partial charge in [-0.25, -0.2) is 9.97 Å². The summed E-state index contributed by atoms with van der Waals surface area (Å²) in [6.07, 6.45) is 5.33. The summed E-state index contributed by atoms with van der Waals surface area (Å²) in [5.41, 5.74) is 2.14. The van der Waals surface area contributed by atoms with Gasteiger partial charge in [-0.2, -0.15) is 0 Å². The standard InChI is InChI=1S/C22H27N7O2/c1-28(2)22(31)15-5-3-6-16(11-15)24-12-19(30)27-17-7-4-10-29(13-17)21-18-8-9-23-20(18)25-14-26-21/h3,5-6,8-9,11,14,17,24H,4,7,10,12-13H2,1-2H3,(H,27,30)(H,23,25,26)/t17-/m1/s1. The Labute approximate surface area is 180 Å². The van der Waals surface area contributed by atoms with Crippen molar-refractivity contribution in [3.63, 3.8) is 0 Å². The van der Waals surface area contributed by atoms with Crippen molar-refractivity contribution < 1.29 is 9.59 Å². The fourth-order valence-corrected chi connectivity index (χ4v) is 3.88. The van der Waals surface area contributed by atoms with Crippen LogP contribution in [0.25, 0.3) is 11.0 Å². The van der Waals surface area contributed by atoms with Crippen LogP contribution in [0.5, 0.6) is 0 Å². The molecule has 0 aliphatic carbocycles. The van der Waals surface area contributed by atoms with E-state index in [2.05, 4.69) is 30.5 Å². The number of piperidine rings is 1. The van der Waals surface area contributed by atoms with Crippen molar-refractivity contribution in [2.45, 2.75) is 18.9 Å². The predicted molar refractivity (Wildman–Crippen MR) is 120 cm³/mol. The number of nitrogens with zero attached hydrogens (tertiary/aromatic N) is 4. The molecule has 1 saturated heterocycles. The van der Waals surface area contributed by atoms with Crippen LogP contribution < -0.4 is 15.5 Å². The van der Waals surface area contributed by atoms with E-state index in [1.165, 1.54) is 4.90 Å². The van der Waals surface area contributed by atoms with E-state index in [1.807, 2.05) is 18.3 Å². The molecule has 1 fully saturated rings. The molecule has 0 bridgehead atoms. The first-order valence-corrected chi connectivity index (χ1v) is 10.4. The number of carbonyl (C=O) groups excluding carboxylic acids is 2. The number of anilines is 2. The van der Waals surface area contributed by atoms with Crippen LogP contribution in [0.15, 0.2) is 42.9 Å². The highest BCUT2D eigenvalue weighted by Crippen LogP contribution is 2.25. The smallest absolute Gasteiger partial charge is 0.253 e. The molecular weight excluding hydrogens is 394 g/mol. The number of rotatable bonds is 6. The topological polar surface area (TPSA) is 106 Å². The number of hydrogen-bond donors (Lipinski definition) is 3. The molecule has 1 atom stereocenters. The van der Waals surface area contributed by atoms with E-state index in [0.717, 1.165) is 41.9 Å². The monoisotopic (exact) mass is 421 g/mol. The Kier molecular flexibility index (Phi) is 6.01. The average molecular weight is 422 g/mol. The molecule has 0 unspecified atom stereocenters. The summed E-state index contributed by atoms with van der Waals surface area (Å²) in [4.78, 5) is 40.2. The van der Waals surface area contributed by atoms with Gasteiger partial charge in [0.25, 0.3) is 5.91 Å². The number of carbonyl (C=O) groups is 2. The molecule has 0 saturated carbocycles. The van der Waals surface area contributed by atoms with Crippen molar-refractivity contribution in [3.8, 4) is 0 Å². The third-order valence-electron chi connectivity index (χ3n) is 5.39. The van der Waals surface area contributed by atoms with Crippen LogP contribution in [0.1, 0.15) is 23.2 Å². The average Bonchev–Trinajstić information content (AvgIpc) is 3.26. The normalized spacial score (nSPS) is 16.2. The number of aromatic amines is 1. The van der Waals surface area contributed by atoms with E-state index in [1.54, 1.807) is 38.6 Å². The number of benzene rings is 1. The number of amides is 2. The highest BCUT2D eigenvalue weighted by Gasteiger charge is 2.24. The summed E-state index contributed by atoms with van der Waals surface area (Å²) in [5, 5.41) is 7.22. The van der Waals surface area contributed by atoms with E-state index in [-0.39, 0.29) is 24.4 Å². The molecule has 2 amide bonds. The van der Waals surface area contributed by atoms with Crippen molar-refractivity contribution >= 4 is 34.4 Å². The van der Waals surface area contributed by atoms with Crippen molar-refractivity contribution in [2.75, 3.05) is 43.9 Å². The third kappa shape index (κ3) is 4.76. The van der Waals surface area contributed by atoms with E-state index >= 15 is 0 Å². The quantitative estimate of drug-likeness (QED) is 0.561. The Morgan fingerprint density at radius 1 is 1.26 bits per heavy atom. The van der Waals surface area contributed by atoms with Gasteiger partial charge in [0, 0.05) is 50.7 Å². The molecular formula is C22H27N7O2. The van der Waals surface area contributed by atoms with Crippen LogP contribution in [0.2, 0.25) is 0 Å². The molecule has 162 valence electrons. The first kappa shape index (κ1) is 20.6. The summed E-state index contributed by atoms with van der Waals surface area (Å²) < 4.78 is 0. The Balaban J connectivity index is 1.33. The molecule has 0 radical (unpaired) electrons. The van der Waals surface area contributed by atoms with E-state index in [4.69, 9.17) is 0 Å². The zero-order valence-electron chi connectivity index (χ0n) is 17.8. The molecule has 1 aliphatic rings. The van der Waals surface area contributed by atoms with Crippen LogP contribution in [0, 0.1) is 0 Å². The van der Waals surface area contributed by atoms with Gasteiger partial charge in [0.1, 0.15) is 17.8 Å². The number of fused-ring (bicyclic) bond motifs is 1. The van der Waals surface area contributed by atoms with Crippen molar-refractivity contribution in [2.24, 2.45) is 0 Å². The van der Waals surface area contributed by atoms with Crippen LogP contribution in [-0.4, -0.2) is 71.4 Å². The zero-order chi connectivity index (χ0) is 21.8. The van der Waals surface area contributed by atoms with E-state index in [0.29, 0.717) is 12.1 Å². The maximum atomic E-state index is 12.5. The largest absolute Gasteiger partial charge is 0.376 e. The van der Waals surface area contributed by atoms with E-state index < -0.39 is 0 Å². The Morgan fingerprint density at radius 2 is 2.13 bits per heavy atom. The van der Waals surface area contributed by atoms with Gasteiger partial charge in [0.05, 0.1) is 11.9 Å². The van der Waals surface area contributed by atoms with Gasteiger partial charge in [-0.1, -0.05) is 6.07 Å². The Morgan fingerprint density at radius 3 is 2.97 bits per heavy atom. The highest BCUT2D eigenvalue weighted by molar-refractivity contribution is 5.95. The van der Waals surface area contributed by atoms with Crippen molar-refractivity contribution in [1.29, 1.82) is 0 Å². The van der Waals surface area contributed by atoms with Gasteiger partial charge in [0.2, 0.25) is 5.91 Å². The molecule has 1 aromatic carbocycles. The van der Waals surface area contributed by atoms with Gasteiger partial charge in [-0.05, 0) is 37.1 Å². The molecule has 2 aromatic heterocycles. The number of nitrogens with one attached hydrogen (secondary N) is 3. The molecule has 4 rings (SSSR count). The van der Waals surface area contributed by atoms with Gasteiger partial charge in [0.15, 0.2) is 0 Å². The minimum Gasteiger partial charge on any atom is -0.376 e. The summed E-state index contributed by atoms with van der Waals surface area (Å²) >= 11 is 0. The fourth-order valence-electron chi connectivity index (χ4n) is 3.88. The molecule has 1 aliphatic heterocycles. The van der Waals surface area contributed by atoms with Gasteiger partial charge in [-0.15, -0.1) is 0 Å². The van der Waals surface area contributed by atoms with Crippen LogP contribution in [0.4, 0.5) is 11.5 Å². The molecule has 9 heteroatoms. The minimum absolute atomic E-state index is 0.0497. The molecule has 3 heterocycles. The van der Waals surface area contributed by atoms with Gasteiger partial charge < -0.3 is 25.4 Å². The second-order valence-electron chi connectivity index (χ2n) is 7.92. The third-order valence-corrected chi connectivity index (χ3v) is 5.39. The van der Waals surface area contributed by atoms with E-state index in [9.17, 15) is 9.59 Å². The molecule has 9 nitrogen and oxygen atoms in total. The summed E-state index contributed by atoms with van der Waals surface area (Å²) in [6.45, 7) is 1.75. The lowest BCUT2D eigenvalue weighted by Crippen LogP contribution is -2.49. The lowest BCUT2D eigenvalue weighted by Gasteiger charge is -2.34. The fraction of sp³-hybridized carbons (Fsp3) is 0.364. The SMILES string of the molecule is CN(C)C(=O)c1cccc(NCC(=O)N[C@@H]2CCCN(c3ncnc4[nH]ccc34)C2)c1.